The molecule has 6 unspecified atom stereocenters. The van der Waals surface area contributed by atoms with Crippen LogP contribution in [0.15, 0.2) is 0 Å². The molecule has 1 heterocycles. The summed E-state index contributed by atoms with van der Waals surface area (Å²) in [6.45, 7) is 6.20. The second-order valence-corrected chi connectivity index (χ2v) is 7.29. The third-order valence-electron chi connectivity index (χ3n) is 5.82. The summed E-state index contributed by atoms with van der Waals surface area (Å²) in [5, 5.41) is 10.4. The standard InChI is InChI=1S/C16H27F3O4/c1-6-13(2)9-7-8-10-11(12(13)16(17,18)19)23-15(4,21-5)14(3,20)22-10/h10-12,20H,6-9H2,1-5H3. The zero-order chi connectivity index (χ0) is 17.7. The van der Waals surface area contributed by atoms with E-state index in [4.69, 9.17) is 14.2 Å². The molecule has 1 aliphatic heterocycles. The van der Waals surface area contributed by atoms with Crippen LogP contribution in [0, 0.1) is 11.3 Å². The average molecular weight is 340 g/mol. The average Bonchev–Trinajstić information content (AvgIpc) is 2.55. The SMILES string of the molecule is CCC1(C)CCCC2OC(C)(O)C(C)(OC)OC2C1C(F)(F)F. The van der Waals surface area contributed by atoms with Crippen molar-refractivity contribution in [1.29, 1.82) is 0 Å². The summed E-state index contributed by atoms with van der Waals surface area (Å²) >= 11 is 0. The Morgan fingerprint density at radius 2 is 1.83 bits per heavy atom. The van der Waals surface area contributed by atoms with Crippen molar-refractivity contribution < 1.29 is 32.5 Å². The van der Waals surface area contributed by atoms with Crippen LogP contribution in [0.2, 0.25) is 0 Å². The van der Waals surface area contributed by atoms with Crippen molar-refractivity contribution in [3.05, 3.63) is 0 Å². The van der Waals surface area contributed by atoms with Gasteiger partial charge in [0.1, 0.15) is 0 Å². The van der Waals surface area contributed by atoms with E-state index in [1.54, 1.807) is 13.8 Å². The van der Waals surface area contributed by atoms with Crippen LogP contribution in [0.1, 0.15) is 53.4 Å². The minimum atomic E-state index is -4.42. The Kier molecular flexibility index (Phi) is 4.83. The van der Waals surface area contributed by atoms with E-state index in [9.17, 15) is 18.3 Å². The lowest BCUT2D eigenvalue weighted by Gasteiger charge is -2.53. The third kappa shape index (κ3) is 3.13. The van der Waals surface area contributed by atoms with Gasteiger partial charge in [0.2, 0.25) is 11.6 Å². The molecule has 136 valence electrons. The van der Waals surface area contributed by atoms with Crippen LogP contribution in [-0.2, 0) is 14.2 Å². The molecule has 0 spiro atoms. The van der Waals surface area contributed by atoms with Crippen LogP contribution in [0.25, 0.3) is 0 Å². The molecule has 0 aromatic heterocycles. The number of fused-ring (bicyclic) bond motifs is 1. The van der Waals surface area contributed by atoms with Crippen LogP contribution < -0.4 is 0 Å². The molecule has 2 fully saturated rings. The van der Waals surface area contributed by atoms with Crippen LogP contribution in [0.3, 0.4) is 0 Å². The van der Waals surface area contributed by atoms with Gasteiger partial charge in [0, 0.05) is 7.11 Å². The maximum absolute atomic E-state index is 13.9. The molecule has 0 aromatic carbocycles. The van der Waals surface area contributed by atoms with Gasteiger partial charge in [-0.15, -0.1) is 0 Å². The monoisotopic (exact) mass is 340 g/mol. The fourth-order valence-electron chi connectivity index (χ4n) is 3.89. The summed E-state index contributed by atoms with van der Waals surface area (Å²) in [5.74, 6) is -5.14. The molecule has 1 N–H and O–H groups in total. The number of hydrogen-bond donors (Lipinski definition) is 1. The van der Waals surface area contributed by atoms with E-state index in [0.29, 0.717) is 25.7 Å². The second-order valence-electron chi connectivity index (χ2n) is 7.29. The zero-order valence-corrected chi connectivity index (χ0v) is 14.4. The number of ether oxygens (including phenoxy) is 3. The molecular formula is C16H27F3O4. The minimum Gasteiger partial charge on any atom is -0.362 e. The van der Waals surface area contributed by atoms with Crippen molar-refractivity contribution in [1.82, 2.24) is 0 Å². The fourth-order valence-corrected chi connectivity index (χ4v) is 3.89. The molecule has 4 nitrogen and oxygen atoms in total. The van der Waals surface area contributed by atoms with Crippen molar-refractivity contribution in [2.24, 2.45) is 11.3 Å². The van der Waals surface area contributed by atoms with E-state index < -0.39 is 41.3 Å². The molecule has 1 saturated carbocycles. The number of methoxy groups -OCH3 is 1. The summed E-state index contributed by atoms with van der Waals surface area (Å²) < 4.78 is 58.2. The van der Waals surface area contributed by atoms with Crippen LogP contribution in [-0.4, -0.2) is 42.2 Å². The summed E-state index contributed by atoms with van der Waals surface area (Å²) in [5.41, 5.74) is -0.932. The predicted molar refractivity (Wildman–Crippen MR) is 77.6 cm³/mol. The van der Waals surface area contributed by atoms with Crippen molar-refractivity contribution >= 4 is 0 Å². The molecule has 6 atom stereocenters. The van der Waals surface area contributed by atoms with Crippen molar-refractivity contribution in [3.63, 3.8) is 0 Å². The van der Waals surface area contributed by atoms with Gasteiger partial charge in [0.05, 0.1) is 18.1 Å². The van der Waals surface area contributed by atoms with E-state index >= 15 is 0 Å². The highest BCUT2D eigenvalue weighted by Crippen LogP contribution is 2.54. The molecule has 7 heteroatoms. The predicted octanol–water partition coefficient (Wildman–Crippen LogP) is 3.62. The number of halogens is 3. The maximum atomic E-state index is 13.9. The molecule has 2 rings (SSSR count). The highest BCUT2D eigenvalue weighted by Gasteiger charge is 2.64. The smallest absolute Gasteiger partial charge is 0.362 e. The summed E-state index contributed by atoms with van der Waals surface area (Å²) in [6.07, 6.45) is -4.58. The molecular weight excluding hydrogens is 313 g/mol. The first kappa shape index (κ1) is 19.0. The van der Waals surface area contributed by atoms with E-state index in [-0.39, 0.29) is 0 Å². The fraction of sp³-hybridized carbons (Fsp3) is 1.00. The van der Waals surface area contributed by atoms with Crippen LogP contribution >= 0.6 is 0 Å². The molecule has 0 bridgehead atoms. The molecule has 0 aromatic rings. The molecule has 1 saturated heterocycles. The first-order valence-corrected chi connectivity index (χ1v) is 8.10. The summed E-state index contributed by atoms with van der Waals surface area (Å²) in [6, 6.07) is 0. The number of rotatable bonds is 2. The lowest BCUT2D eigenvalue weighted by molar-refractivity contribution is -0.456. The van der Waals surface area contributed by atoms with E-state index in [2.05, 4.69) is 0 Å². The molecule has 0 radical (unpaired) electrons. The molecule has 2 aliphatic rings. The van der Waals surface area contributed by atoms with E-state index in [1.165, 1.54) is 21.0 Å². The van der Waals surface area contributed by atoms with Gasteiger partial charge in [-0.2, -0.15) is 13.2 Å². The molecule has 0 amide bonds. The molecule has 1 aliphatic carbocycles. The zero-order valence-electron chi connectivity index (χ0n) is 14.4. The van der Waals surface area contributed by atoms with E-state index in [0.717, 1.165) is 0 Å². The van der Waals surface area contributed by atoms with Gasteiger partial charge in [-0.05, 0) is 32.1 Å². The van der Waals surface area contributed by atoms with Gasteiger partial charge in [0.25, 0.3) is 0 Å². The lowest BCUT2D eigenvalue weighted by Crippen LogP contribution is -2.67. The quantitative estimate of drug-likeness (QED) is 0.834. The van der Waals surface area contributed by atoms with Crippen molar-refractivity contribution in [3.8, 4) is 0 Å². The summed E-state index contributed by atoms with van der Waals surface area (Å²) in [7, 11) is 1.29. The van der Waals surface area contributed by atoms with E-state index in [1.807, 2.05) is 0 Å². The highest BCUT2D eigenvalue weighted by atomic mass is 19.4. The van der Waals surface area contributed by atoms with Gasteiger partial charge in [-0.25, -0.2) is 0 Å². The third-order valence-corrected chi connectivity index (χ3v) is 5.82. The van der Waals surface area contributed by atoms with Gasteiger partial charge >= 0.3 is 6.18 Å². The number of alkyl halides is 3. The van der Waals surface area contributed by atoms with Crippen molar-refractivity contribution in [2.75, 3.05) is 7.11 Å². The summed E-state index contributed by atoms with van der Waals surface area (Å²) in [4.78, 5) is 0. The van der Waals surface area contributed by atoms with Crippen LogP contribution in [0.4, 0.5) is 13.2 Å². The Morgan fingerprint density at radius 1 is 1.22 bits per heavy atom. The Bertz CT molecular complexity index is 440. The minimum absolute atomic E-state index is 0.393. The van der Waals surface area contributed by atoms with Crippen molar-refractivity contribution in [2.45, 2.75) is 83.3 Å². The number of aliphatic hydroxyl groups is 1. The van der Waals surface area contributed by atoms with Crippen LogP contribution in [0.5, 0.6) is 0 Å². The van der Waals surface area contributed by atoms with Gasteiger partial charge < -0.3 is 19.3 Å². The Morgan fingerprint density at radius 3 is 2.30 bits per heavy atom. The lowest BCUT2D eigenvalue weighted by atomic mass is 9.69. The topological polar surface area (TPSA) is 47.9 Å². The maximum Gasteiger partial charge on any atom is 0.394 e. The normalized spacial score (nSPS) is 48.7. The molecule has 23 heavy (non-hydrogen) atoms. The largest absolute Gasteiger partial charge is 0.394 e. The van der Waals surface area contributed by atoms with Gasteiger partial charge in [-0.3, -0.25) is 0 Å². The highest BCUT2D eigenvalue weighted by molar-refractivity contribution is 5.01. The Labute approximate surface area is 135 Å². The Hall–Kier alpha value is -0.370. The van der Waals surface area contributed by atoms with Gasteiger partial charge in [-0.1, -0.05) is 26.7 Å². The second kappa shape index (κ2) is 5.86. The van der Waals surface area contributed by atoms with Gasteiger partial charge in [0.15, 0.2) is 0 Å². The first-order valence-electron chi connectivity index (χ1n) is 8.10. The Balaban J connectivity index is 2.48. The number of hydrogen-bond acceptors (Lipinski definition) is 4. The first-order chi connectivity index (χ1) is 10.4.